The molecule has 0 unspecified atom stereocenters. The standard InChI is InChI=1S/C26H28N6O4/c1-2-35-23-16-19(8-9-22(23)36-15-12-32-10-13-34-14-11-32)18-28-31-26-29-24(20-6-4-3-5-7-20)21(17-27)25(33)30-26/h3-9,16,18H,2,10-15H2,1H3,(H2,29,30,31,33). The van der Waals surface area contributed by atoms with Crippen molar-refractivity contribution in [2.24, 2.45) is 5.10 Å². The second kappa shape index (κ2) is 12.5. The van der Waals surface area contributed by atoms with E-state index in [1.165, 1.54) is 0 Å². The molecule has 0 saturated carbocycles. The van der Waals surface area contributed by atoms with Crippen LogP contribution in [0.1, 0.15) is 18.1 Å². The highest BCUT2D eigenvalue weighted by molar-refractivity contribution is 5.81. The van der Waals surface area contributed by atoms with Gasteiger partial charge in [-0.1, -0.05) is 30.3 Å². The van der Waals surface area contributed by atoms with Crippen molar-refractivity contribution >= 4 is 12.2 Å². The van der Waals surface area contributed by atoms with Crippen molar-refractivity contribution in [3.63, 3.8) is 0 Å². The number of aromatic nitrogens is 2. The third-order valence-electron chi connectivity index (χ3n) is 5.50. The van der Waals surface area contributed by atoms with Crippen molar-refractivity contribution in [3.05, 3.63) is 70.0 Å². The Morgan fingerprint density at radius 1 is 1.19 bits per heavy atom. The van der Waals surface area contributed by atoms with E-state index in [-0.39, 0.29) is 17.2 Å². The Morgan fingerprint density at radius 3 is 2.75 bits per heavy atom. The average molecular weight is 489 g/mol. The summed E-state index contributed by atoms with van der Waals surface area (Å²) >= 11 is 0. The highest BCUT2D eigenvalue weighted by atomic mass is 16.5. The largest absolute Gasteiger partial charge is 0.490 e. The lowest BCUT2D eigenvalue weighted by Gasteiger charge is -2.26. The van der Waals surface area contributed by atoms with Gasteiger partial charge in [-0.2, -0.15) is 10.4 Å². The van der Waals surface area contributed by atoms with Gasteiger partial charge in [0.15, 0.2) is 11.5 Å². The number of anilines is 1. The molecule has 2 heterocycles. The number of rotatable bonds is 10. The minimum absolute atomic E-state index is 0.0544. The molecule has 1 aromatic heterocycles. The number of hydrogen-bond acceptors (Lipinski definition) is 9. The number of hydrogen-bond donors (Lipinski definition) is 2. The van der Waals surface area contributed by atoms with E-state index in [0.717, 1.165) is 38.4 Å². The van der Waals surface area contributed by atoms with E-state index in [1.54, 1.807) is 18.3 Å². The van der Waals surface area contributed by atoms with Gasteiger partial charge in [-0.15, -0.1) is 0 Å². The fourth-order valence-corrected chi connectivity index (χ4v) is 3.70. The van der Waals surface area contributed by atoms with Crippen LogP contribution in [0.15, 0.2) is 58.4 Å². The first-order valence-corrected chi connectivity index (χ1v) is 11.8. The van der Waals surface area contributed by atoms with E-state index in [0.29, 0.717) is 30.3 Å². The fourth-order valence-electron chi connectivity index (χ4n) is 3.70. The lowest BCUT2D eigenvalue weighted by Crippen LogP contribution is -2.38. The first-order valence-electron chi connectivity index (χ1n) is 11.8. The van der Waals surface area contributed by atoms with Crippen LogP contribution in [-0.4, -0.2) is 67.1 Å². The Balaban J connectivity index is 1.44. The molecule has 186 valence electrons. The number of nitriles is 1. The maximum Gasteiger partial charge on any atom is 0.270 e. The number of morpholine rings is 1. The van der Waals surface area contributed by atoms with Gasteiger partial charge in [-0.05, 0) is 30.7 Å². The van der Waals surface area contributed by atoms with Gasteiger partial charge in [0.1, 0.15) is 18.2 Å². The van der Waals surface area contributed by atoms with Crippen LogP contribution in [0.2, 0.25) is 0 Å². The molecule has 1 fully saturated rings. The van der Waals surface area contributed by atoms with Crippen LogP contribution in [0, 0.1) is 11.3 Å². The molecule has 1 aliphatic heterocycles. The Bertz CT molecular complexity index is 1280. The highest BCUT2D eigenvalue weighted by Gasteiger charge is 2.13. The fraction of sp³-hybridized carbons (Fsp3) is 0.308. The summed E-state index contributed by atoms with van der Waals surface area (Å²) in [5.41, 5.74) is 3.87. The number of H-pyrrole nitrogens is 1. The summed E-state index contributed by atoms with van der Waals surface area (Å²) in [6.45, 7) is 7.12. The zero-order valence-electron chi connectivity index (χ0n) is 20.1. The maximum atomic E-state index is 12.4. The zero-order chi connectivity index (χ0) is 25.2. The molecule has 0 spiro atoms. The van der Waals surface area contributed by atoms with Gasteiger partial charge in [0, 0.05) is 25.2 Å². The van der Waals surface area contributed by atoms with Crippen LogP contribution < -0.4 is 20.5 Å². The minimum Gasteiger partial charge on any atom is -0.490 e. The summed E-state index contributed by atoms with van der Waals surface area (Å²) < 4.78 is 17.1. The number of benzene rings is 2. The Hall–Kier alpha value is -4.20. The van der Waals surface area contributed by atoms with E-state index < -0.39 is 5.56 Å². The third-order valence-corrected chi connectivity index (χ3v) is 5.50. The second-order valence-electron chi connectivity index (χ2n) is 7.93. The van der Waals surface area contributed by atoms with Gasteiger partial charge >= 0.3 is 0 Å². The van der Waals surface area contributed by atoms with Gasteiger partial charge in [0.2, 0.25) is 5.95 Å². The second-order valence-corrected chi connectivity index (χ2v) is 7.93. The summed E-state index contributed by atoms with van der Waals surface area (Å²) in [5.74, 6) is 1.42. The van der Waals surface area contributed by atoms with Crippen molar-refractivity contribution in [2.45, 2.75) is 6.92 Å². The molecule has 2 aromatic carbocycles. The van der Waals surface area contributed by atoms with Crippen molar-refractivity contribution in [1.29, 1.82) is 5.26 Å². The monoisotopic (exact) mass is 488 g/mol. The summed E-state index contributed by atoms with van der Waals surface area (Å²) in [5, 5.41) is 13.6. The molecule has 0 aliphatic carbocycles. The molecule has 0 amide bonds. The number of nitrogens with zero attached hydrogens (tertiary/aromatic N) is 4. The summed E-state index contributed by atoms with van der Waals surface area (Å²) in [6.07, 6.45) is 1.58. The predicted octanol–water partition coefficient (Wildman–Crippen LogP) is 2.86. The van der Waals surface area contributed by atoms with Gasteiger partial charge in [-0.3, -0.25) is 14.7 Å². The van der Waals surface area contributed by atoms with E-state index >= 15 is 0 Å². The number of ether oxygens (including phenoxy) is 3. The molecule has 4 rings (SSSR count). The highest BCUT2D eigenvalue weighted by Crippen LogP contribution is 2.28. The Kier molecular flexibility index (Phi) is 8.64. The topological polar surface area (TPSA) is 125 Å². The third kappa shape index (κ3) is 6.47. The van der Waals surface area contributed by atoms with Crippen molar-refractivity contribution < 1.29 is 14.2 Å². The van der Waals surface area contributed by atoms with E-state index in [4.69, 9.17) is 14.2 Å². The normalized spacial score (nSPS) is 13.9. The zero-order valence-corrected chi connectivity index (χ0v) is 20.1. The molecule has 2 N–H and O–H groups in total. The van der Waals surface area contributed by atoms with Crippen LogP contribution in [-0.2, 0) is 4.74 Å². The van der Waals surface area contributed by atoms with Gasteiger partial charge < -0.3 is 14.2 Å². The Morgan fingerprint density at radius 2 is 2.00 bits per heavy atom. The van der Waals surface area contributed by atoms with E-state index in [2.05, 4.69) is 25.4 Å². The Labute approximate surface area is 209 Å². The number of hydrazone groups is 1. The quantitative estimate of drug-likeness (QED) is 0.330. The maximum absolute atomic E-state index is 12.4. The average Bonchev–Trinajstić information content (AvgIpc) is 2.91. The van der Waals surface area contributed by atoms with Gasteiger partial charge in [0.25, 0.3) is 5.56 Å². The molecule has 3 aromatic rings. The van der Waals surface area contributed by atoms with Crippen LogP contribution in [0.25, 0.3) is 11.3 Å². The molecule has 0 bridgehead atoms. The minimum atomic E-state index is -0.540. The van der Waals surface area contributed by atoms with Crippen LogP contribution >= 0.6 is 0 Å². The SMILES string of the molecule is CCOc1cc(C=NNc2nc(-c3ccccc3)c(C#N)c(=O)[nH]2)ccc1OCCN1CCOCC1. The smallest absolute Gasteiger partial charge is 0.270 e. The molecule has 10 heteroatoms. The first-order chi connectivity index (χ1) is 17.7. The molecule has 0 radical (unpaired) electrons. The van der Waals surface area contributed by atoms with Gasteiger partial charge in [-0.25, -0.2) is 10.4 Å². The van der Waals surface area contributed by atoms with E-state index in [9.17, 15) is 10.1 Å². The van der Waals surface area contributed by atoms with Crippen molar-refractivity contribution in [2.75, 3.05) is 51.5 Å². The summed E-state index contributed by atoms with van der Waals surface area (Å²) in [6, 6.07) is 16.5. The number of nitrogens with one attached hydrogen (secondary N) is 2. The van der Waals surface area contributed by atoms with Crippen molar-refractivity contribution in [1.82, 2.24) is 14.9 Å². The molecule has 1 saturated heterocycles. The first kappa shape index (κ1) is 24.9. The van der Waals surface area contributed by atoms with E-state index in [1.807, 2.05) is 49.4 Å². The molecule has 36 heavy (non-hydrogen) atoms. The number of aromatic amines is 1. The summed E-state index contributed by atoms with van der Waals surface area (Å²) in [4.78, 5) is 21.6. The van der Waals surface area contributed by atoms with Crippen LogP contribution in [0.3, 0.4) is 0 Å². The molecule has 0 atom stereocenters. The van der Waals surface area contributed by atoms with Crippen molar-refractivity contribution in [3.8, 4) is 28.8 Å². The molecular weight excluding hydrogens is 460 g/mol. The van der Waals surface area contributed by atoms with Crippen LogP contribution in [0.5, 0.6) is 11.5 Å². The van der Waals surface area contributed by atoms with Gasteiger partial charge in [0.05, 0.1) is 31.7 Å². The molecular formula is C26H28N6O4. The predicted molar refractivity (Wildman–Crippen MR) is 137 cm³/mol. The van der Waals surface area contributed by atoms with Crippen LogP contribution in [0.4, 0.5) is 5.95 Å². The molecule has 1 aliphatic rings. The lowest BCUT2D eigenvalue weighted by molar-refractivity contribution is 0.0321. The molecule has 10 nitrogen and oxygen atoms in total. The summed E-state index contributed by atoms with van der Waals surface area (Å²) in [7, 11) is 0. The lowest BCUT2D eigenvalue weighted by atomic mass is 10.1.